The van der Waals surface area contributed by atoms with Crippen molar-refractivity contribution in [3.63, 3.8) is 0 Å². The van der Waals surface area contributed by atoms with Crippen LogP contribution in [-0.4, -0.2) is 52.6 Å². The van der Waals surface area contributed by atoms with Gasteiger partial charge >= 0.3 is 0 Å². The smallest absolute Gasteiger partial charge is 0.266 e. The van der Waals surface area contributed by atoms with Gasteiger partial charge in [-0.3, -0.25) is 14.5 Å². The van der Waals surface area contributed by atoms with E-state index in [1.165, 1.54) is 0 Å². The van der Waals surface area contributed by atoms with E-state index >= 15 is 0 Å². The normalized spacial score (nSPS) is 28.6. The quantitative estimate of drug-likeness (QED) is 0.763. The van der Waals surface area contributed by atoms with Gasteiger partial charge in [0.15, 0.2) is 0 Å². The Labute approximate surface area is 189 Å². The molecule has 1 unspecified atom stereocenters. The molecule has 0 saturated heterocycles. The van der Waals surface area contributed by atoms with E-state index < -0.39 is 11.6 Å². The summed E-state index contributed by atoms with van der Waals surface area (Å²) >= 11 is 0. The fourth-order valence-corrected chi connectivity index (χ4v) is 4.58. The van der Waals surface area contributed by atoms with Gasteiger partial charge in [-0.2, -0.15) is 5.10 Å². The lowest BCUT2D eigenvalue weighted by Gasteiger charge is -2.26. The summed E-state index contributed by atoms with van der Waals surface area (Å²) in [5, 5.41) is 7.24. The first kappa shape index (κ1) is 22.5. The van der Waals surface area contributed by atoms with Crippen LogP contribution >= 0.6 is 0 Å². The maximum Gasteiger partial charge on any atom is 0.266 e. The molecule has 0 spiro atoms. The molecule has 172 valence electrons. The molecule has 2 atom stereocenters. The second kappa shape index (κ2) is 9.40. The van der Waals surface area contributed by atoms with Gasteiger partial charge in [-0.1, -0.05) is 31.9 Å². The van der Waals surface area contributed by atoms with E-state index in [4.69, 9.17) is 9.73 Å². The van der Waals surface area contributed by atoms with Crippen molar-refractivity contribution in [2.75, 3.05) is 18.6 Å². The minimum atomic E-state index is -0.609. The number of fused-ring (bicyclic) bond motifs is 1. The number of nitrogens with zero attached hydrogens (tertiary/aromatic N) is 4. The third-order valence-corrected chi connectivity index (χ3v) is 6.57. The molecule has 4 heterocycles. The molecule has 3 aliphatic rings. The third-order valence-electron chi connectivity index (χ3n) is 6.57. The lowest BCUT2D eigenvalue weighted by molar-refractivity contribution is -0.124. The van der Waals surface area contributed by atoms with Crippen molar-refractivity contribution < 1.29 is 14.3 Å². The Morgan fingerprint density at radius 2 is 2.25 bits per heavy atom. The number of carbonyl (C=O) groups excluding carboxylic acids is 2. The number of aryl methyl sites for hydroxylation is 1. The summed E-state index contributed by atoms with van der Waals surface area (Å²) in [5.41, 5.74) is 1.90. The number of rotatable bonds is 5. The highest BCUT2D eigenvalue weighted by Gasteiger charge is 2.38. The highest BCUT2D eigenvalue weighted by Crippen LogP contribution is 2.38. The average molecular weight is 440 g/mol. The fraction of sp³-hybridized carbons (Fsp3) is 0.583. The number of nitrogens with one attached hydrogen (secondary N) is 1. The first-order valence-corrected chi connectivity index (χ1v) is 11.6. The topological polar surface area (TPSA) is 88.8 Å². The van der Waals surface area contributed by atoms with E-state index in [2.05, 4.69) is 36.4 Å². The largest absolute Gasteiger partial charge is 0.364 e. The van der Waals surface area contributed by atoms with Crippen LogP contribution in [0.4, 0.5) is 5.82 Å². The van der Waals surface area contributed by atoms with Gasteiger partial charge in [0.2, 0.25) is 0 Å². The van der Waals surface area contributed by atoms with Gasteiger partial charge in [-0.25, -0.2) is 9.67 Å². The van der Waals surface area contributed by atoms with E-state index in [1.807, 2.05) is 6.07 Å². The van der Waals surface area contributed by atoms with Gasteiger partial charge in [0.25, 0.3) is 11.8 Å². The van der Waals surface area contributed by atoms with Crippen molar-refractivity contribution in [3.05, 3.63) is 35.7 Å². The minimum absolute atomic E-state index is 0.139. The van der Waals surface area contributed by atoms with Crippen molar-refractivity contribution in [2.24, 2.45) is 4.99 Å². The van der Waals surface area contributed by atoms with Gasteiger partial charge in [0, 0.05) is 25.2 Å². The second-order valence-corrected chi connectivity index (χ2v) is 8.97. The van der Waals surface area contributed by atoms with Gasteiger partial charge in [0.1, 0.15) is 23.2 Å². The van der Waals surface area contributed by atoms with Crippen LogP contribution in [0, 0.1) is 0 Å². The molecular formula is C24H33N5O3. The van der Waals surface area contributed by atoms with Crippen LogP contribution < -0.4 is 10.2 Å². The Balaban J connectivity index is 1.57. The summed E-state index contributed by atoms with van der Waals surface area (Å²) in [7, 11) is 1.72. The molecule has 0 fully saturated rings. The Kier molecular flexibility index (Phi) is 6.60. The van der Waals surface area contributed by atoms with E-state index in [0.29, 0.717) is 31.7 Å². The lowest BCUT2D eigenvalue weighted by atomic mass is 9.94. The lowest BCUT2D eigenvalue weighted by Crippen LogP contribution is -2.48. The molecule has 0 aromatic carbocycles. The van der Waals surface area contributed by atoms with Crippen LogP contribution in [0.2, 0.25) is 0 Å². The molecule has 0 bridgehead atoms. The van der Waals surface area contributed by atoms with Crippen LogP contribution in [0.5, 0.6) is 0 Å². The maximum absolute atomic E-state index is 13.3. The van der Waals surface area contributed by atoms with Gasteiger partial charge < -0.3 is 10.1 Å². The summed E-state index contributed by atoms with van der Waals surface area (Å²) in [5.74, 6) is 0.330. The molecule has 2 amide bonds. The number of likely N-dealkylation sites (N-methyl/N-ethyl adjacent to an activating group) is 1. The summed E-state index contributed by atoms with van der Waals surface area (Å²) < 4.78 is 7.95. The number of ether oxygens (including phenoxy) is 1. The molecule has 0 saturated carbocycles. The number of aromatic nitrogens is 2. The minimum Gasteiger partial charge on any atom is -0.364 e. The number of hydrogen-bond acceptors (Lipinski definition) is 5. The van der Waals surface area contributed by atoms with Crippen molar-refractivity contribution in [3.8, 4) is 0 Å². The molecule has 0 aliphatic carbocycles. The Morgan fingerprint density at radius 3 is 3.06 bits per heavy atom. The van der Waals surface area contributed by atoms with Crippen LogP contribution in [0.3, 0.4) is 0 Å². The number of allylic oxidation sites excluding steroid dienone is 1. The molecule has 8 heteroatoms. The highest BCUT2D eigenvalue weighted by molar-refractivity contribution is 6.39. The molecular weight excluding hydrogens is 406 g/mol. The highest BCUT2D eigenvalue weighted by atomic mass is 16.5. The summed E-state index contributed by atoms with van der Waals surface area (Å²) in [6.07, 6.45) is 11.7. The van der Waals surface area contributed by atoms with Crippen LogP contribution in [-0.2, 0) is 20.9 Å². The molecule has 1 aromatic rings. The van der Waals surface area contributed by atoms with Crippen molar-refractivity contribution in [2.45, 2.75) is 77.0 Å². The standard InChI is InChI=1S/C24H33N5O3/c1-4-5-13-24(2)21-17(16-32-24)9-7-6-8-10-18(26-21)22(30)27-19-12-15-29-20(11-14-25-29)28(3)23(19)31/h7,9,11,14,19H,4-6,8,10,12-13,15-16H2,1-3H3,(H,27,30)/b9-7-,26-18+/t19-,24?/m0/s1. The number of unbranched alkanes of at least 4 members (excludes halogenated alkanes) is 1. The average Bonchev–Trinajstić information content (AvgIpc) is 3.37. The van der Waals surface area contributed by atoms with Crippen molar-refractivity contribution in [1.29, 1.82) is 0 Å². The summed E-state index contributed by atoms with van der Waals surface area (Å²) in [6.45, 7) is 5.31. The van der Waals surface area contributed by atoms with Gasteiger partial charge in [-0.15, -0.1) is 0 Å². The van der Waals surface area contributed by atoms with E-state index in [-0.39, 0.29) is 11.8 Å². The van der Waals surface area contributed by atoms with Crippen LogP contribution in [0.15, 0.2) is 40.7 Å². The van der Waals surface area contributed by atoms with E-state index in [0.717, 1.165) is 49.2 Å². The van der Waals surface area contributed by atoms with Gasteiger partial charge in [-0.05, 0) is 39.0 Å². The zero-order valence-corrected chi connectivity index (χ0v) is 19.3. The Bertz CT molecular complexity index is 976. The first-order chi connectivity index (χ1) is 15.4. The molecule has 1 N–H and O–H groups in total. The van der Waals surface area contributed by atoms with Crippen LogP contribution in [0.25, 0.3) is 0 Å². The Morgan fingerprint density at radius 1 is 1.41 bits per heavy atom. The van der Waals surface area contributed by atoms with Crippen molar-refractivity contribution >= 4 is 23.3 Å². The molecule has 3 aliphatic heterocycles. The van der Waals surface area contributed by atoms with Gasteiger partial charge in [0.05, 0.1) is 18.5 Å². The molecule has 32 heavy (non-hydrogen) atoms. The predicted octanol–water partition coefficient (Wildman–Crippen LogP) is 3.15. The second-order valence-electron chi connectivity index (χ2n) is 8.97. The fourth-order valence-electron chi connectivity index (χ4n) is 4.58. The molecule has 8 nitrogen and oxygen atoms in total. The zero-order valence-electron chi connectivity index (χ0n) is 19.3. The molecule has 4 rings (SSSR count). The first-order valence-electron chi connectivity index (χ1n) is 11.6. The van der Waals surface area contributed by atoms with Crippen molar-refractivity contribution in [1.82, 2.24) is 15.1 Å². The number of anilines is 1. The maximum atomic E-state index is 13.3. The molecule has 1 aromatic heterocycles. The third kappa shape index (κ3) is 4.41. The zero-order chi connectivity index (χ0) is 22.7. The molecule has 0 radical (unpaired) electrons. The summed E-state index contributed by atoms with van der Waals surface area (Å²) in [4.78, 5) is 32.8. The number of hydrogen-bond donors (Lipinski definition) is 1. The number of amides is 2. The predicted molar refractivity (Wildman–Crippen MR) is 124 cm³/mol. The SMILES string of the molecule is CCCCC1(C)OCC2=C1/N=C(/C(=O)N[C@H]1CCn3nccc3N(C)C1=O)CCC/C=C\2. The Hall–Kier alpha value is -2.74. The summed E-state index contributed by atoms with van der Waals surface area (Å²) in [6, 6.07) is 1.20. The van der Waals surface area contributed by atoms with E-state index in [9.17, 15) is 9.59 Å². The number of aliphatic imine (C=N–C) groups is 1. The monoisotopic (exact) mass is 439 g/mol. The van der Waals surface area contributed by atoms with E-state index in [1.54, 1.807) is 22.8 Å². The van der Waals surface area contributed by atoms with Crippen LogP contribution in [0.1, 0.15) is 58.8 Å². The number of carbonyl (C=O) groups is 2.